The van der Waals surface area contributed by atoms with Gasteiger partial charge in [0.1, 0.15) is 12.6 Å². The van der Waals surface area contributed by atoms with Crippen molar-refractivity contribution >= 4 is 62.3 Å². The zero-order chi connectivity index (χ0) is 27.2. The van der Waals surface area contributed by atoms with Crippen LogP contribution >= 0.6 is 34.8 Å². The van der Waals surface area contributed by atoms with Gasteiger partial charge in [-0.1, -0.05) is 77.3 Å². The Labute approximate surface area is 232 Å². The van der Waals surface area contributed by atoms with Crippen molar-refractivity contribution in [1.82, 2.24) is 10.2 Å². The summed E-state index contributed by atoms with van der Waals surface area (Å²) in [4.78, 5) is 28.2. The number of carbonyl (C=O) groups is 2. The Morgan fingerprint density at radius 2 is 1.59 bits per heavy atom. The lowest BCUT2D eigenvalue weighted by Crippen LogP contribution is -2.52. The van der Waals surface area contributed by atoms with Crippen LogP contribution in [0.15, 0.2) is 72.8 Å². The van der Waals surface area contributed by atoms with Crippen molar-refractivity contribution in [3.05, 3.63) is 99.0 Å². The number of likely N-dealkylation sites (N-methyl/N-ethyl adjacent to an activating group) is 1. The van der Waals surface area contributed by atoms with E-state index in [0.717, 1.165) is 16.1 Å². The second-order valence-electron chi connectivity index (χ2n) is 8.33. The van der Waals surface area contributed by atoms with Crippen LogP contribution in [-0.2, 0) is 32.6 Å². The minimum absolute atomic E-state index is 0.0487. The Balaban J connectivity index is 2.05. The number of halogens is 3. The Morgan fingerprint density at radius 1 is 0.919 bits per heavy atom. The third-order valence-corrected chi connectivity index (χ3v) is 7.61. The highest BCUT2D eigenvalue weighted by Gasteiger charge is 2.33. The molecule has 0 aliphatic heterocycles. The van der Waals surface area contributed by atoms with Crippen molar-refractivity contribution in [2.75, 3.05) is 24.2 Å². The fourth-order valence-electron chi connectivity index (χ4n) is 3.80. The van der Waals surface area contributed by atoms with Crippen molar-refractivity contribution in [2.45, 2.75) is 19.0 Å². The van der Waals surface area contributed by atoms with Crippen molar-refractivity contribution in [3.8, 4) is 0 Å². The van der Waals surface area contributed by atoms with Gasteiger partial charge in [-0.25, -0.2) is 8.42 Å². The number of hydrogen-bond acceptors (Lipinski definition) is 4. The standard InChI is InChI=1S/C26H26Cl3N3O4S/c1-30-26(34)24(13-18-7-4-3-5-8-18)31(16-19-11-12-21(28)15-23(19)29)25(33)17-32(37(2,35)36)22-10-6-9-20(27)14-22/h3-12,14-15,24H,13,16-17H2,1-2H3,(H,30,34). The van der Waals surface area contributed by atoms with Gasteiger partial charge >= 0.3 is 0 Å². The van der Waals surface area contributed by atoms with E-state index in [-0.39, 0.29) is 18.7 Å². The van der Waals surface area contributed by atoms with Gasteiger partial charge in [0.05, 0.1) is 11.9 Å². The first-order chi connectivity index (χ1) is 17.5. The number of carbonyl (C=O) groups excluding carboxylic acids is 2. The van der Waals surface area contributed by atoms with Gasteiger partial charge in [0.2, 0.25) is 21.8 Å². The Hall–Kier alpha value is -2.78. The fourth-order valence-corrected chi connectivity index (χ4v) is 5.29. The molecule has 0 aliphatic rings. The molecule has 3 aromatic rings. The highest BCUT2D eigenvalue weighted by atomic mass is 35.5. The lowest BCUT2D eigenvalue weighted by molar-refractivity contribution is -0.139. The third kappa shape index (κ3) is 7.85. The summed E-state index contributed by atoms with van der Waals surface area (Å²) in [5.41, 5.74) is 1.60. The third-order valence-electron chi connectivity index (χ3n) is 5.65. The van der Waals surface area contributed by atoms with Gasteiger partial charge < -0.3 is 10.2 Å². The molecule has 11 heteroatoms. The molecule has 0 fully saturated rings. The number of hydrogen-bond donors (Lipinski definition) is 1. The molecule has 1 atom stereocenters. The maximum absolute atomic E-state index is 13.8. The second-order valence-corrected chi connectivity index (χ2v) is 11.5. The van der Waals surface area contributed by atoms with Crippen LogP contribution in [0.3, 0.4) is 0 Å². The number of rotatable bonds is 10. The molecular formula is C26H26Cl3N3O4S. The molecule has 0 bridgehead atoms. The molecule has 7 nitrogen and oxygen atoms in total. The minimum atomic E-state index is -3.88. The van der Waals surface area contributed by atoms with E-state index in [9.17, 15) is 18.0 Å². The van der Waals surface area contributed by atoms with Crippen molar-refractivity contribution in [1.29, 1.82) is 0 Å². The van der Waals surface area contributed by atoms with E-state index in [1.54, 1.807) is 36.4 Å². The SMILES string of the molecule is CNC(=O)C(Cc1ccccc1)N(Cc1ccc(Cl)cc1Cl)C(=O)CN(c1cccc(Cl)c1)S(C)(=O)=O. The van der Waals surface area contributed by atoms with Gasteiger partial charge in [0.15, 0.2) is 0 Å². The molecule has 3 aromatic carbocycles. The first kappa shape index (κ1) is 28.8. The van der Waals surface area contributed by atoms with E-state index in [1.807, 2.05) is 30.3 Å². The summed E-state index contributed by atoms with van der Waals surface area (Å²) < 4.78 is 26.4. The van der Waals surface area contributed by atoms with E-state index in [4.69, 9.17) is 34.8 Å². The highest BCUT2D eigenvalue weighted by Crippen LogP contribution is 2.26. The quantitative estimate of drug-likeness (QED) is 0.372. The van der Waals surface area contributed by atoms with E-state index < -0.39 is 34.4 Å². The van der Waals surface area contributed by atoms with Crippen LogP contribution in [0.1, 0.15) is 11.1 Å². The van der Waals surface area contributed by atoms with Crippen LogP contribution in [-0.4, -0.2) is 51.0 Å². The number of nitrogens with zero attached hydrogens (tertiary/aromatic N) is 2. The van der Waals surface area contributed by atoms with E-state index in [2.05, 4.69) is 5.32 Å². The van der Waals surface area contributed by atoms with Gasteiger partial charge in [-0.15, -0.1) is 0 Å². The zero-order valence-electron chi connectivity index (χ0n) is 20.2. The summed E-state index contributed by atoms with van der Waals surface area (Å²) in [6.07, 6.45) is 1.20. The van der Waals surface area contributed by atoms with Crippen molar-refractivity contribution < 1.29 is 18.0 Å². The Morgan fingerprint density at radius 3 is 2.19 bits per heavy atom. The first-order valence-electron chi connectivity index (χ1n) is 11.2. The van der Waals surface area contributed by atoms with Gasteiger partial charge in [-0.3, -0.25) is 13.9 Å². The lowest BCUT2D eigenvalue weighted by Gasteiger charge is -2.33. The molecule has 1 N–H and O–H groups in total. The number of benzene rings is 3. The number of nitrogens with one attached hydrogen (secondary N) is 1. The van der Waals surface area contributed by atoms with Gasteiger partial charge in [0.25, 0.3) is 0 Å². The summed E-state index contributed by atoms with van der Waals surface area (Å²) in [6.45, 7) is -0.598. The molecule has 0 spiro atoms. The normalized spacial score (nSPS) is 12.0. The van der Waals surface area contributed by atoms with Gasteiger partial charge in [-0.2, -0.15) is 0 Å². The summed E-state index contributed by atoms with van der Waals surface area (Å²) in [6, 6.07) is 19.3. The molecule has 0 aromatic heterocycles. The van der Waals surface area contributed by atoms with Gasteiger partial charge in [-0.05, 0) is 41.5 Å². The molecule has 1 unspecified atom stereocenters. The largest absolute Gasteiger partial charge is 0.357 e. The van der Waals surface area contributed by atoms with Crippen LogP contribution in [0, 0.1) is 0 Å². The number of sulfonamides is 1. The predicted molar refractivity (Wildman–Crippen MR) is 149 cm³/mol. The maximum Gasteiger partial charge on any atom is 0.244 e. The average Bonchev–Trinajstić information content (AvgIpc) is 2.85. The molecule has 0 saturated heterocycles. The van der Waals surface area contributed by atoms with Gasteiger partial charge in [0, 0.05) is 35.1 Å². The molecule has 0 heterocycles. The topological polar surface area (TPSA) is 86.8 Å². The minimum Gasteiger partial charge on any atom is -0.357 e. The molecule has 0 aliphatic carbocycles. The van der Waals surface area contributed by atoms with Crippen molar-refractivity contribution in [2.24, 2.45) is 0 Å². The Kier molecular flexibility index (Phi) is 9.84. The van der Waals surface area contributed by atoms with Crippen LogP contribution < -0.4 is 9.62 Å². The number of anilines is 1. The molecule has 37 heavy (non-hydrogen) atoms. The van der Waals surface area contributed by atoms with E-state index >= 15 is 0 Å². The molecule has 3 rings (SSSR count). The molecule has 2 amide bonds. The van der Waals surface area contributed by atoms with Crippen LogP contribution in [0.2, 0.25) is 15.1 Å². The van der Waals surface area contributed by atoms with Crippen molar-refractivity contribution in [3.63, 3.8) is 0 Å². The highest BCUT2D eigenvalue weighted by molar-refractivity contribution is 7.92. The molecule has 196 valence electrons. The fraction of sp³-hybridized carbons (Fsp3) is 0.231. The smallest absolute Gasteiger partial charge is 0.244 e. The lowest BCUT2D eigenvalue weighted by atomic mass is 10.0. The first-order valence-corrected chi connectivity index (χ1v) is 14.2. The zero-order valence-corrected chi connectivity index (χ0v) is 23.3. The summed E-state index contributed by atoms with van der Waals surface area (Å²) in [5.74, 6) is -1.00. The summed E-state index contributed by atoms with van der Waals surface area (Å²) in [5, 5.41) is 3.67. The predicted octanol–water partition coefficient (Wildman–Crippen LogP) is 4.80. The maximum atomic E-state index is 13.8. The summed E-state index contributed by atoms with van der Waals surface area (Å²) >= 11 is 18.5. The molecule has 0 radical (unpaired) electrons. The second kappa shape index (κ2) is 12.6. The average molecular weight is 583 g/mol. The Bertz CT molecular complexity index is 1370. The summed E-state index contributed by atoms with van der Waals surface area (Å²) in [7, 11) is -2.40. The molecular weight excluding hydrogens is 557 g/mol. The number of amides is 2. The monoisotopic (exact) mass is 581 g/mol. The van der Waals surface area contributed by atoms with E-state index in [1.165, 1.54) is 18.0 Å². The van der Waals surface area contributed by atoms with E-state index in [0.29, 0.717) is 20.6 Å². The van der Waals surface area contributed by atoms with Crippen LogP contribution in [0.5, 0.6) is 0 Å². The van der Waals surface area contributed by atoms with Crippen LogP contribution in [0.25, 0.3) is 0 Å². The molecule has 0 saturated carbocycles. The van der Waals surface area contributed by atoms with Crippen LogP contribution in [0.4, 0.5) is 5.69 Å².